The number of carbonyl (C=O) groups is 2. The molecule has 1 fully saturated rings. The number of anilines is 1. The molecule has 2 aromatic rings. The molecule has 1 amide bonds. The van der Waals surface area contributed by atoms with E-state index in [1.165, 1.54) is 11.7 Å². The first-order valence-corrected chi connectivity index (χ1v) is 11.9. The van der Waals surface area contributed by atoms with Crippen LogP contribution in [0.15, 0.2) is 29.1 Å². The van der Waals surface area contributed by atoms with Gasteiger partial charge in [0.2, 0.25) is 5.91 Å². The number of methoxy groups -OCH3 is 1. The zero-order chi connectivity index (χ0) is 26.2. The lowest BCUT2D eigenvalue weighted by molar-refractivity contribution is -0.139. The number of aromatic nitrogens is 2. The van der Waals surface area contributed by atoms with E-state index in [0.29, 0.717) is 26.1 Å². The van der Waals surface area contributed by atoms with Crippen molar-refractivity contribution in [1.29, 1.82) is 5.41 Å². The summed E-state index contributed by atoms with van der Waals surface area (Å²) in [5, 5.41) is 7.54. The van der Waals surface area contributed by atoms with Gasteiger partial charge in [0.15, 0.2) is 0 Å². The van der Waals surface area contributed by atoms with Crippen molar-refractivity contribution >= 4 is 23.5 Å². The molecule has 0 spiro atoms. The number of nitrogen functional groups attached to an aromatic ring is 2. The van der Waals surface area contributed by atoms with Crippen LogP contribution < -0.4 is 17.2 Å². The third-order valence-corrected chi connectivity index (χ3v) is 6.38. The molecular formula is C24H36N8O4. The van der Waals surface area contributed by atoms with E-state index in [9.17, 15) is 14.4 Å². The van der Waals surface area contributed by atoms with Gasteiger partial charge in [0.25, 0.3) is 0 Å². The van der Waals surface area contributed by atoms with Crippen molar-refractivity contribution in [3.8, 4) is 0 Å². The Kier molecular flexibility index (Phi) is 9.25. The summed E-state index contributed by atoms with van der Waals surface area (Å²) in [4.78, 5) is 45.7. The molecule has 2 heterocycles. The molecule has 36 heavy (non-hydrogen) atoms. The van der Waals surface area contributed by atoms with Crippen LogP contribution in [0, 0.1) is 5.41 Å². The lowest BCUT2D eigenvalue weighted by Gasteiger charge is -2.33. The molecule has 1 aliphatic rings. The second-order valence-corrected chi connectivity index (χ2v) is 9.07. The van der Waals surface area contributed by atoms with Crippen LogP contribution in [0.3, 0.4) is 0 Å². The van der Waals surface area contributed by atoms with Crippen molar-refractivity contribution in [1.82, 2.24) is 24.3 Å². The number of hydrogen-bond acceptors (Lipinski definition) is 8. The molecule has 3 rings (SSSR count). The first-order valence-electron chi connectivity index (χ1n) is 11.9. The number of nitrogens with two attached hydrogens (primary N) is 2. The highest BCUT2D eigenvalue weighted by Gasteiger charge is 2.21. The van der Waals surface area contributed by atoms with E-state index in [0.717, 1.165) is 37.3 Å². The van der Waals surface area contributed by atoms with Crippen molar-refractivity contribution in [3.63, 3.8) is 0 Å². The van der Waals surface area contributed by atoms with Crippen LogP contribution in [0.5, 0.6) is 0 Å². The Balaban J connectivity index is 1.68. The predicted molar refractivity (Wildman–Crippen MR) is 137 cm³/mol. The second kappa shape index (κ2) is 12.4. The highest BCUT2D eigenvalue weighted by Crippen LogP contribution is 2.12. The molecule has 6 N–H and O–H groups in total. The quantitative estimate of drug-likeness (QED) is 0.181. The minimum atomic E-state index is -0.436. The number of esters is 1. The van der Waals surface area contributed by atoms with Crippen LogP contribution in [0.4, 0.5) is 5.82 Å². The van der Waals surface area contributed by atoms with Crippen molar-refractivity contribution < 1.29 is 14.3 Å². The number of amides is 1. The number of hydrogen-bond donors (Lipinski definition) is 4. The van der Waals surface area contributed by atoms with E-state index < -0.39 is 5.69 Å². The third-order valence-electron chi connectivity index (χ3n) is 6.38. The Labute approximate surface area is 210 Å². The van der Waals surface area contributed by atoms with Crippen molar-refractivity contribution in [2.24, 2.45) is 5.73 Å². The molecule has 1 aliphatic heterocycles. The normalized spacial score (nSPS) is 14.5. The monoisotopic (exact) mass is 500 g/mol. The van der Waals surface area contributed by atoms with Gasteiger partial charge in [0.05, 0.1) is 20.1 Å². The van der Waals surface area contributed by atoms with Crippen molar-refractivity contribution in [3.05, 3.63) is 51.6 Å². The Hall–Kier alpha value is -3.64. The van der Waals surface area contributed by atoms with E-state index >= 15 is 0 Å². The van der Waals surface area contributed by atoms with Crippen LogP contribution >= 0.6 is 0 Å². The van der Waals surface area contributed by atoms with Crippen LogP contribution in [0.2, 0.25) is 0 Å². The van der Waals surface area contributed by atoms with Gasteiger partial charge in [-0.25, -0.2) is 4.79 Å². The number of amidine groups is 1. The molecule has 1 saturated heterocycles. The number of nitrogens with zero attached hydrogens (tertiary/aromatic N) is 4. The van der Waals surface area contributed by atoms with E-state index in [-0.39, 0.29) is 42.2 Å². The Morgan fingerprint density at radius 2 is 1.78 bits per heavy atom. The molecule has 12 heteroatoms. The zero-order valence-corrected chi connectivity index (χ0v) is 21.0. The Bertz CT molecular complexity index is 1120. The summed E-state index contributed by atoms with van der Waals surface area (Å²) in [7, 11) is 3.43. The maximum absolute atomic E-state index is 13.3. The van der Waals surface area contributed by atoms with Gasteiger partial charge in [-0.05, 0) is 24.6 Å². The second-order valence-electron chi connectivity index (χ2n) is 9.07. The average molecular weight is 501 g/mol. The standard InChI is InChI=1S/C24H36N8O4/c1-29-10-12-30(13-11-29)16-19(33)31(15-18-6-4-17(5-7-18)14-20(34)36-2)8-3-9-32-23(27)21(22(25)26)28-24(32)35/h4-7H,3,8-16,27H2,1-2H3,(H3,25,26)(H,28,35). The largest absolute Gasteiger partial charge is 0.469 e. The summed E-state index contributed by atoms with van der Waals surface area (Å²) < 4.78 is 6.05. The highest BCUT2D eigenvalue weighted by atomic mass is 16.5. The van der Waals surface area contributed by atoms with Crippen LogP contribution in [-0.2, 0) is 33.8 Å². The van der Waals surface area contributed by atoms with Gasteiger partial charge in [-0.2, -0.15) is 0 Å². The summed E-state index contributed by atoms with van der Waals surface area (Å²) >= 11 is 0. The van der Waals surface area contributed by atoms with Gasteiger partial charge >= 0.3 is 11.7 Å². The smallest absolute Gasteiger partial charge is 0.327 e. The summed E-state index contributed by atoms with van der Waals surface area (Å²) in [6.07, 6.45) is 0.687. The maximum Gasteiger partial charge on any atom is 0.327 e. The summed E-state index contributed by atoms with van der Waals surface area (Å²) in [5.41, 5.74) is 12.9. The first-order chi connectivity index (χ1) is 17.2. The number of piperazine rings is 1. The molecule has 1 aromatic heterocycles. The third kappa shape index (κ3) is 7.18. The highest BCUT2D eigenvalue weighted by molar-refractivity contribution is 5.97. The van der Waals surface area contributed by atoms with Crippen molar-refractivity contribution in [2.75, 3.05) is 59.2 Å². The van der Waals surface area contributed by atoms with Gasteiger partial charge in [-0.3, -0.25) is 24.5 Å². The number of likely N-dealkylation sites (N-methyl/N-ethyl adjacent to an activating group) is 1. The fraction of sp³-hybridized carbons (Fsp3) is 0.500. The first kappa shape index (κ1) is 27.0. The van der Waals surface area contributed by atoms with E-state index in [4.69, 9.17) is 21.6 Å². The lowest BCUT2D eigenvalue weighted by Crippen LogP contribution is -2.49. The number of rotatable bonds is 11. The summed E-state index contributed by atoms with van der Waals surface area (Å²) in [6.45, 7) is 4.94. The topological polar surface area (TPSA) is 167 Å². The fourth-order valence-electron chi connectivity index (χ4n) is 4.14. The van der Waals surface area contributed by atoms with Gasteiger partial charge in [-0.15, -0.1) is 0 Å². The summed E-state index contributed by atoms with van der Waals surface area (Å²) in [6, 6.07) is 7.53. The molecule has 1 aromatic carbocycles. The number of ether oxygens (including phenoxy) is 1. The molecule has 12 nitrogen and oxygen atoms in total. The molecule has 0 saturated carbocycles. The fourth-order valence-corrected chi connectivity index (χ4v) is 4.14. The number of imidazole rings is 1. The zero-order valence-electron chi connectivity index (χ0n) is 21.0. The lowest BCUT2D eigenvalue weighted by atomic mass is 10.1. The van der Waals surface area contributed by atoms with Crippen molar-refractivity contribution in [2.45, 2.75) is 25.9 Å². The molecule has 0 atom stereocenters. The van der Waals surface area contributed by atoms with E-state index in [1.54, 1.807) is 4.90 Å². The number of H-pyrrole nitrogens is 1. The van der Waals surface area contributed by atoms with Crippen LogP contribution in [0.1, 0.15) is 23.2 Å². The van der Waals surface area contributed by atoms with Gasteiger partial charge < -0.3 is 31.0 Å². The number of aromatic amines is 1. The molecule has 0 unspecified atom stereocenters. The molecule has 0 aliphatic carbocycles. The Morgan fingerprint density at radius 3 is 2.36 bits per heavy atom. The van der Waals surface area contributed by atoms with E-state index in [1.807, 2.05) is 24.3 Å². The van der Waals surface area contributed by atoms with Gasteiger partial charge in [0, 0.05) is 45.8 Å². The van der Waals surface area contributed by atoms with Gasteiger partial charge in [0.1, 0.15) is 17.3 Å². The van der Waals surface area contributed by atoms with Crippen LogP contribution in [-0.4, -0.2) is 95.4 Å². The SMILES string of the molecule is COC(=O)Cc1ccc(CN(CCCn2c(N)c(C(=N)N)[nH]c2=O)C(=O)CN2CCN(C)CC2)cc1. The van der Waals surface area contributed by atoms with E-state index in [2.05, 4.69) is 21.8 Å². The average Bonchev–Trinajstić information content (AvgIpc) is 3.14. The Morgan fingerprint density at radius 1 is 1.14 bits per heavy atom. The minimum Gasteiger partial charge on any atom is -0.469 e. The number of carbonyl (C=O) groups excluding carboxylic acids is 2. The van der Waals surface area contributed by atoms with Crippen LogP contribution in [0.25, 0.3) is 0 Å². The van der Waals surface area contributed by atoms with Gasteiger partial charge in [-0.1, -0.05) is 24.3 Å². The minimum absolute atomic E-state index is 0.0111. The number of nitrogens with one attached hydrogen (secondary N) is 2. The molecule has 0 bridgehead atoms. The molecular weight excluding hydrogens is 464 g/mol. The summed E-state index contributed by atoms with van der Waals surface area (Å²) in [5.74, 6) is -0.483. The molecule has 196 valence electrons. The predicted octanol–water partition coefficient (Wildman–Crippen LogP) is -0.576. The number of benzene rings is 1. The molecule has 0 radical (unpaired) electrons. The maximum atomic E-state index is 13.3.